The summed E-state index contributed by atoms with van der Waals surface area (Å²) in [5, 5.41) is 4.77. The number of rotatable bonds is 5. The molecule has 1 aliphatic heterocycles. The predicted molar refractivity (Wildman–Crippen MR) is 101 cm³/mol. The van der Waals surface area contributed by atoms with E-state index in [2.05, 4.69) is 28.9 Å². The van der Waals surface area contributed by atoms with Gasteiger partial charge in [0.15, 0.2) is 0 Å². The van der Waals surface area contributed by atoms with Gasteiger partial charge in [-0.1, -0.05) is 30.6 Å². The molecule has 26 heavy (non-hydrogen) atoms. The molecule has 1 fully saturated rings. The van der Waals surface area contributed by atoms with Gasteiger partial charge in [0.2, 0.25) is 17.6 Å². The molecule has 3 rings (SSSR count). The molecular formula is C19H25ClN4O2. The molecule has 2 atom stereocenters. The Morgan fingerprint density at radius 2 is 1.85 bits per heavy atom. The quantitative estimate of drug-likeness (QED) is 0.797. The third kappa shape index (κ3) is 4.07. The van der Waals surface area contributed by atoms with Crippen molar-refractivity contribution in [1.29, 1.82) is 0 Å². The average Bonchev–Trinajstić information content (AvgIpc) is 3.17. The molecule has 0 spiro atoms. The summed E-state index contributed by atoms with van der Waals surface area (Å²) in [4.78, 5) is 21.1. The summed E-state index contributed by atoms with van der Waals surface area (Å²) < 4.78 is 5.48. The zero-order chi connectivity index (χ0) is 18.7. The zero-order valence-corrected chi connectivity index (χ0v) is 16.2. The fraction of sp³-hybridized carbons (Fsp3) is 0.526. The first-order chi connectivity index (χ1) is 12.5. The third-order valence-electron chi connectivity index (χ3n) is 5.11. The van der Waals surface area contributed by atoms with Crippen molar-refractivity contribution in [2.45, 2.75) is 33.2 Å². The standard InChI is InChI=1S/C19H25ClN4O2/c1-4-13(2)19(25)24-11-9-23(10-12-24)14(3)18-21-17(22-26-18)15-5-7-16(20)8-6-15/h5-8,13-14H,4,9-12H2,1-3H3/t13-,14+/m0/s1. The van der Waals surface area contributed by atoms with Crippen LogP contribution in [0.5, 0.6) is 0 Å². The van der Waals surface area contributed by atoms with Gasteiger partial charge in [0.05, 0.1) is 6.04 Å². The number of hydrogen-bond donors (Lipinski definition) is 0. The maximum Gasteiger partial charge on any atom is 0.244 e. The number of nitrogens with zero attached hydrogens (tertiary/aromatic N) is 4. The fourth-order valence-electron chi connectivity index (χ4n) is 3.09. The largest absolute Gasteiger partial charge is 0.340 e. The first kappa shape index (κ1) is 18.9. The van der Waals surface area contributed by atoms with Gasteiger partial charge in [0.25, 0.3) is 0 Å². The Morgan fingerprint density at radius 1 is 1.19 bits per heavy atom. The summed E-state index contributed by atoms with van der Waals surface area (Å²) in [6, 6.07) is 7.39. The summed E-state index contributed by atoms with van der Waals surface area (Å²) in [6.07, 6.45) is 0.880. The first-order valence-corrected chi connectivity index (χ1v) is 9.49. The molecule has 2 heterocycles. The summed E-state index contributed by atoms with van der Waals surface area (Å²) in [5.41, 5.74) is 0.876. The number of hydrogen-bond acceptors (Lipinski definition) is 5. The number of amides is 1. The molecule has 0 saturated carbocycles. The van der Waals surface area contributed by atoms with E-state index in [1.807, 2.05) is 36.1 Å². The number of carbonyl (C=O) groups excluding carboxylic acids is 1. The van der Waals surface area contributed by atoms with Gasteiger partial charge < -0.3 is 9.42 Å². The molecule has 6 nitrogen and oxygen atoms in total. The van der Waals surface area contributed by atoms with Crippen molar-refractivity contribution in [3.63, 3.8) is 0 Å². The highest BCUT2D eigenvalue weighted by Crippen LogP contribution is 2.24. The second-order valence-electron chi connectivity index (χ2n) is 6.81. The smallest absolute Gasteiger partial charge is 0.244 e. The monoisotopic (exact) mass is 376 g/mol. The molecule has 0 unspecified atom stereocenters. The van der Waals surface area contributed by atoms with Crippen LogP contribution in [0.25, 0.3) is 11.4 Å². The van der Waals surface area contributed by atoms with E-state index in [9.17, 15) is 4.79 Å². The Hall–Kier alpha value is -1.92. The number of piperazine rings is 1. The van der Waals surface area contributed by atoms with E-state index < -0.39 is 0 Å². The highest BCUT2D eigenvalue weighted by atomic mass is 35.5. The van der Waals surface area contributed by atoms with Crippen LogP contribution in [-0.4, -0.2) is 52.0 Å². The van der Waals surface area contributed by atoms with Crippen molar-refractivity contribution < 1.29 is 9.32 Å². The number of aromatic nitrogens is 2. The van der Waals surface area contributed by atoms with Gasteiger partial charge in [-0.2, -0.15) is 4.98 Å². The van der Waals surface area contributed by atoms with Gasteiger partial charge in [-0.15, -0.1) is 0 Å². The molecule has 1 aromatic heterocycles. The molecule has 0 radical (unpaired) electrons. The lowest BCUT2D eigenvalue weighted by Crippen LogP contribution is -2.50. The van der Waals surface area contributed by atoms with Crippen molar-refractivity contribution in [1.82, 2.24) is 19.9 Å². The minimum absolute atomic E-state index is 0.0180. The van der Waals surface area contributed by atoms with Gasteiger partial charge in [-0.3, -0.25) is 9.69 Å². The Bertz CT molecular complexity index is 738. The van der Waals surface area contributed by atoms with E-state index in [-0.39, 0.29) is 17.9 Å². The third-order valence-corrected chi connectivity index (χ3v) is 5.36. The van der Waals surface area contributed by atoms with E-state index in [1.54, 1.807) is 0 Å². The fourth-order valence-corrected chi connectivity index (χ4v) is 3.22. The minimum atomic E-state index is 0.0180. The predicted octanol–water partition coefficient (Wildman–Crippen LogP) is 3.64. The van der Waals surface area contributed by atoms with E-state index in [0.717, 1.165) is 38.2 Å². The van der Waals surface area contributed by atoms with Gasteiger partial charge in [-0.05, 0) is 37.6 Å². The van der Waals surface area contributed by atoms with Gasteiger partial charge >= 0.3 is 0 Å². The molecule has 0 N–H and O–H groups in total. The number of carbonyl (C=O) groups is 1. The molecule has 1 aromatic carbocycles. The zero-order valence-electron chi connectivity index (χ0n) is 15.5. The SMILES string of the molecule is CC[C@H](C)C(=O)N1CCN([C@H](C)c2nc(-c3ccc(Cl)cc3)no2)CC1. The molecule has 0 aliphatic carbocycles. The highest BCUT2D eigenvalue weighted by Gasteiger charge is 2.29. The Labute approximate surface area is 159 Å². The second-order valence-corrected chi connectivity index (χ2v) is 7.25. The van der Waals surface area contributed by atoms with Crippen LogP contribution in [0.15, 0.2) is 28.8 Å². The van der Waals surface area contributed by atoms with Crippen LogP contribution in [0.2, 0.25) is 5.02 Å². The topological polar surface area (TPSA) is 62.5 Å². The first-order valence-electron chi connectivity index (χ1n) is 9.12. The van der Waals surface area contributed by atoms with E-state index in [0.29, 0.717) is 16.7 Å². The molecule has 7 heteroatoms. The Balaban J connectivity index is 1.61. The van der Waals surface area contributed by atoms with Crippen molar-refractivity contribution in [2.24, 2.45) is 5.92 Å². The molecule has 1 amide bonds. The molecule has 0 bridgehead atoms. The summed E-state index contributed by atoms with van der Waals surface area (Å²) >= 11 is 5.92. The van der Waals surface area contributed by atoms with Crippen LogP contribution in [0.1, 0.15) is 39.1 Å². The van der Waals surface area contributed by atoms with E-state index in [4.69, 9.17) is 16.1 Å². The van der Waals surface area contributed by atoms with Gasteiger partial charge in [0.1, 0.15) is 0 Å². The molecular weight excluding hydrogens is 352 g/mol. The van der Waals surface area contributed by atoms with Crippen LogP contribution < -0.4 is 0 Å². The highest BCUT2D eigenvalue weighted by molar-refractivity contribution is 6.30. The maximum absolute atomic E-state index is 12.3. The van der Waals surface area contributed by atoms with Gasteiger partial charge in [0, 0.05) is 42.7 Å². The van der Waals surface area contributed by atoms with Crippen LogP contribution >= 0.6 is 11.6 Å². The van der Waals surface area contributed by atoms with Gasteiger partial charge in [-0.25, -0.2) is 0 Å². The average molecular weight is 377 g/mol. The Morgan fingerprint density at radius 3 is 2.46 bits per heavy atom. The maximum atomic E-state index is 12.3. The molecule has 1 saturated heterocycles. The lowest BCUT2D eigenvalue weighted by molar-refractivity contribution is -0.137. The summed E-state index contributed by atoms with van der Waals surface area (Å²) in [5.74, 6) is 1.50. The lowest BCUT2D eigenvalue weighted by Gasteiger charge is -2.37. The van der Waals surface area contributed by atoms with E-state index in [1.165, 1.54) is 0 Å². The normalized spacial score (nSPS) is 17.9. The number of halogens is 1. The minimum Gasteiger partial charge on any atom is -0.340 e. The van der Waals surface area contributed by atoms with Crippen molar-refractivity contribution in [3.05, 3.63) is 35.2 Å². The van der Waals surface area contributed by atoms with Crippen molar-refractivity contribution >= 4 is 17.5 Å². The molecule has 1 aliphatic rings. The van der Waals surface area contributed by atoms with Crippen molar-refractivity contribution in [2.75, 3.05) is 26.2 Å². The van der Waals surface area contributed by atoms with Crippen molar-refractivity contribution in [3.8, 4) is 11.4 Å². The lowest BCUT2D eigenvalue weighted by atomic mass is 10.1. The number of benzene rings is 1. The summed E-state index contributed by atoms with van der Waals surface area (Å²) in [7, 11) is 0. The molecule has 140 valence electrons. The van der Waals surface area contributed by atoms with Crippen LogP contribution in [0.4, 0.5) is 0 Å². The van der Waals surface area contributed by atoms with Crippen LogP contribution in [0.3, 0.4) is 0 Å². The van der Waals surface area contributed by atoms with Crippen LogP contribution in [0, 0.1) is 5.92 Å². The second kappa shape index (κ2) is 8.18. The Kier molecular flexibility index (Phi) is 5.94. The van der Waals surface area contributed by atoms with Crippen LogP contribution in [-0.2, 0) is 4.79 Å². The molecule has 2 aromatic rings. The van der Waals surface area contributed by atoms with E-state index >= 15 is 0 Å². The summed E-state index contributed by atoms with van der Waals surface area (Å²) in [6.45, 7) is 9.20.